The van der Waals surface area contributed by atoms with Crippen molar-refractivity contribution in [2.75, 3.05) is 51.9 Å². The van der Waals surface area contributed by atoms with Crippen molar-refractivity contribution < 1.29 is 29.2 Å². The van der Waals surface area contributed by atoms with Crippen LogP contribution >= 0.6 is 0 Å². The van der Waals surface area contributed by atoms with E-state index in [9.17, 15) is 10.2 Å². The summed E-state index contributed by atoms with van der Waals surface area (Å²) in [7, 11) is 1.68. The second-order valence-electron chi connectivity index (χ2n) is 10.8. The molecule has 1 unspecified atom stereocenters. The Kier molecular flexibility index (Phi) is 11.9. The molecule has 1 aliphatic carbocycles. The largest absolute Gasteiger partial charge is 0.506 e. The van der Waals surface area contributed by atoms with E-state index in [2.05, 4.69) is 34.9 Å². The third-order valence-electron chi connectivity index (χ3n) is 7.52. The van der Waals surface area contributed by atoms with Gasteiger partial charge in [-0.3, -0.25) is 0 Å². The summed E-state index contributed by atoms with van der Waals surface area (Å²) >= 11 is 0. The molecule has 2 aromatic carbocycles. The number of benzene rings is 2. The summed E-state index contributed by atoms with van der Waals surface area (Å²) in [6.07, 6.45) is 3.37. The minimum atomic E-state index is -0.482. The molecule has 0 spiro atoms. The molecule has 0 aromatic heterocycles. The number of aliphatic hydroxyl groups excluding tert-OH is 1. The van der Waals surface area contributed by atoms with Gasteiger partial charge < -0.3 is 39.8 Å². The number of hydrogen-bond donors (Lipinski definition) is 4. The molecule has 216 valence electrons. The van der Waals surface area contributed by atoms with Gasteiger partial charge in [0.25, 0.3) is 0 Å². The molecule has 1 saturated carbocycles. The maximum atomic E-state index is 10.3. The van der Waals surface area contributed by atoms with Gasteiger partial charge in [0.05, 0.1) is 43.8 Å². The van der Waals surface area contributed by atoms with E-state index in [0.717, 1.165) is 30.1 Å². The average Bonchev–Trinajstić information content (AvgIpc) is 3.79. The number of anilines is 1. The van der Waals surface area contributed by atoms with Gasteiger partial charge >= 0.3 is 0 Å². The predicted octanol–water partition coefficient (Wildman–Crippen LogP) is 4.20. The first-order valence-corrected chi connectivity index (χ1v) is 14.4. The highest BCUT2D eigenvalue weighted by Crippen LogP contribution is 2.33. The summed E-state index contributed by atoms with van der Waals surface area (Å²) in [5.74, 6) is 0.988. The van der Waals surface area contributed by atoms with Crippen LogP contribution in [0.3, 0.4) is 0 Å². The first kappa shape index (κ1) is 29.8. The fraction of sp³-hybridized carbons (Fsp3) is 0.613. The molecular formula is C31H46N2O6. The smallest absolute Gasteiger partial charge is 0.138 e. The monoisotopic (exact) mass is 542 g/mol. The summed E-state index contributed by atoms with van der Waals surface area (Å²) in [6, 6.07) is 14.1. The number of aliphatic hydroxyl groups is 1. The van der Waals surface area contributed by atoms with Crippen molar-refractivity contribution in [1.29, 1.82) is 0 Å². The van der Waals surface area contributed by atoms with Crippen LogP contribution in [0.2, 0.25) is 0 Å². The number of phenolic OH excluding ortho intramolecular Hbond substituents is 1. The molecule has 1 saturated heterocycles. The lowest BCUT2D eigenvalue weighted by Crippen LogP contribution is -2.51. The van der Waals surface area contributed by atoms with Crippen molar-refractivity contribution >= 4 is 5.69 Å². The number of piperidine rings is 1. The van der Waals surface area contributed by atoms with Gasteiger partial charge in [0.15, 0.2) is 0 Å². The van der Waals surface area contributed by atoms with Crippen molar-refractivity contribution in [1.82, 2.24) is 5.32 Å². The fourth-order valence-corrected chi connectivity index (χ4v) is 4.89. The summed E-state index contributed by atoms with van der Waals surface area (Å²) in [5.41, 5.74) is 4.00. The fourth-order valence-electron chi connectivity index (χ4n) is 4.89. The first-order chi connectivity index (χ1) is 19.1. The van der Waals surface area contributed by atoms with Crippen molar-refractivity contribution in [3.05, 3.63) is 59.2 Å². The van der Waals surface area contributed by atoms with Crippen LogP contribution in [-0.2, 0) is 32.2 Å². The summed E-state index contributed by atoms with van der Waals surface area (Å²) in [6.45, 7) is 6.93. The van der Waals surface area contributed by atoms with E-state index in [-0.39, 0.29) is 23.9 Å². The van der Waals surface area contributed by atoms with Crippen molar-refractivity contribution in [2.45, 2.75) is 70.1 Å². The number of nitrogens with one attached hydrogen (secondary N) is 2. The third-order valence-corrected chi connectivity index (χ3v) is 7.52. The summed E-state index contributed by atoms with van der Waals surface area (Å²) in [5, 5.41) is 27.2. The summed E-state index contributed by atoms with van der Waals surface area (Å²) < 4.78 is 23.7. The molecule has 2 fully saturated rings. The second kappa shape index (κ2) is 15.6. The van der Waals surface area contributed by atoms with Crippen molar-refractivity contribution in [2.24, 2.45) is 5.92 Å². The standard InChI is InChI=1S/C31H46N2O6/c1-3-26(34)21-39-30-17-32-16-29(31(30)25-10-7-23(8-11-25)19-37-18-22-5-6-22)38-20-24-9-12-28(35)27(15-24)33-13-4-14-36-2/h7-12,15,22,26,29-35H,3-6,13-14,16-21H2,1-2H3/t26-,29+,30-,31?/m1/s1. The normalized spacial score (nSPS) is 22.1. The average molecular weight is 543 g/mol. The minimum Gasteiger partial charge on any atom is -0.506 e. The van der Waals surface area contributed by atoms with E-state index in [1.807, 2.05) is 19.1 Å². The van der Waals surface area contributed by atoms with Gasteiger partial charge in [0, 0.05) is 45.9 Å². The van der Waals surface area contributed by atoms with Gasteiger partial charge in [-0.15, -0.1) is 0 Å². The maximum Gasteiger partial charge on any atom is 0.138 e. The Hall–Kier alpha value is -2.20. The van der Waals surface area contributed by atoms with Crippen LogP contribution in [0.4, 0.5) is 5.69 Å². The number of ether oxygens (including phenoxy) is 4. The first-order valence-electron chi connectivity index (χ1n) is 14.4. The molecular weight excluding hydrogens is 496 g/mol. The van der Waals surface area contributed by atoms with Crippen molar-refractivity contribution in [3.63, 3.8) is 0 Å². The van der Waals surface area contributed by atoms with E-state index in [1.54, 1.807) is 13.2 Å². The molecule has 4 N–H and O–H groups in total. The van der Waals surface area contributed by atoms with Gasteiger partial charge in [0.2, 0.25) is 0 Å². The number of aromatic hydroxyl groups is 1. The van der Waals surface area contributed by atoms with E-state index in [0.29, 0.717) is 58.2 Å². The highest BCUT2D eigenvalue weighted by Gasteiger charge is 2.36. The summed E-state index contributed by atoms with van der Waals surface area (Å²) in [4.78, 5) is 0. The minimum absolute atomic E-state index is 0.0143. The van der Waals surface area contributed by atoms with E-state index in [1.165, 1.54) is 18.4 Å². The Bertz CT molecular complexity index is 984. The molecule has 2 aliphatic rings. The Balaban J connectivity index is 1.42. The zero-order valence-electron chi connectivity index (χ0n) is 23.4. The molecule has 4 atom stereocenters. The second-order valence-corrected chi connectivity index (χ2v) is 10.8. The maximum absolute atomic E-state index is 10.3. The van der Waals surface area contributed by atoms with Crippen LogP contribution in [0.5, 0.6) is 5.75 Å². The Morgan fingerprint density at radius 3 is 2.46 bits per heavy atom. The quantitative estimate of drug-likeness (QED) is 0.174. The lowest BCUT2D eigenvalue weighted by atomic mass is 9.85. The highest BCUT2D eigenvalue weighted by atomic mass is 16.5. The molecule has 1 aliphatic heterocycles. The van der Waals surface area contributed by atoms with E-state index < -0.39 is 6.10 Å². The molecule has 2 aromatic rings. The SMILES string of the molecule is CC[C@@H](O)CO[C@@H]1CNC[C@H](OCc2ccc(O)c(NCCCOC)c2)C1c1ccc(COCC2CC2)cc1. The Morgan fingerprint density at radius 1 is 1.00 bits per heavy atom. The van der Waals surface area contributed by atoms with Crippen molar-refractivity contribution in [3.8, 4) is 5.75 Å². The molecule has 4 rings (SSSR count). The van der Waals surface area contributed by atoms with Gasteiger partial charge in [-0.2, -0.15) is 0 Å². The van der Waals surface area contributed by atoms with Crippen LogP contribution in [0.25, 0.3) is 0 Å². The lowest BCUT2D eigenvalue weighted by Gasteiger charge is -2.39. The van der Waals surface area contributed by atoms with Gasteiger partial charge in [-0.25, -0.2) is 0 Å². The predicted molar refractivity (Wildman–Crippen MR) is 152 cm³/mol. The third kappa shape index (κ3) is 9.45. The van der Waals surface area contributed by atoms with Gasteiger partial charge in [-0.05, 0) is 60.4 Å². The van der Waals surface area contributed by atoms with Crippen LogP contribution in [-0.4, -0.2) is 75.1 Å². The topological polar surface area (TPSA) is 101 Å². The van der Waals surface area contributed by atoms with E-state index >= 15 is 0 Å². The molecule has 8 nitrogen and oxygen atoms in total. The molecule has 0 radical (unpaired) electrons. The highest BCUT2D eigenvalue weighted by molar-refractivity contribution is 5.57. The van der Waals surface area contributed by atoms with Crippen LogP contribution in [0, 0.1) is 5.92 Å². The molecule has 39 heavy (non-hydrogen) atoms. The van der Waals surface area contributed by atoms with Crippen LogP contribution in [0.15, 0.2) is 42.5 Å². The number of phenols is 1. The number of methoxy groups -OCH3 is 1. The number of hydrogen-bond acceptors (Lipinski definition) is 8. The van der Waals surface area contributed by atoms with Crippen LogP contribution < -0.4 is 10.6 Å². The Labute approximate surface area is 233 Å². The molecule has 8 heteroatoms. The zero-order chi connectivity index (χ0) is 27.5. The molecule has 1 heterocycles. The molecule has 0 amide bonds. The van der Waals surface area contributed by atoms with Gasteiger partial charge in [-0.1, -0.05) is 37.3 Å². The zero-order valence-corrected chi connectivity index (χ0v) is 23.4. The lowest BCUT2D eigenvalue weighted by molar-refractivity contribution is -0.0777. The number of rotatable bonds is 17. The molecule has 0 bridgehead atoms. The van der Waals surface area contributed by atoms with E-state index in [4.69, 9.17) is 18.9 Å². The van der Waals surface area contributed by atoms with Crippen LogP contribution in [0.1, 0.15) is 55.2 Å². The Morgan fingerprint density at radius 2 is 1.74 bits per heavy atom. The van der Waals surface area contributed by atoms with Gasteiger partial charge in [0.1, 0.15) is 5.75 Å².